The quantitative estimate of drug-likeness (QED) is 0.934. The number of aryl methyl sites for hydroxylation is 1. The minimum atomic E-state index is -1.06. The van der Waals surface area contributed by atoms with Crippen molar-refractivity contribution < 1.29 is 9.90 Å². The summed E-state index contributed by atoms with van der Waals surface area (Å²) in [5.41, 5.74) is 1.03. The van der Waals surface area contributed by atoms with E-state index in [0.29, 0.717) is 5.82 Å². The molecular formula is C13H14N4O2S. The van der Waals surface area contributed by atoms with Gasteiger partial charge in [-0.05, 0) is 19.8 Å². The van der Waals surface area contributed by atoms with Crippen molar-refractivity contribution in [1.29, 1.82) is 0 Å². The SMILES string of the molecule is Cc1nc([C@H]2CCCN2c2cnc(C(=O)O)cn2)cs1. The van der Waals surface area contributed by atoms with Crippen LogP contribution in [0.2, 0.25) is 0 Å². The number of aromatic carboxylic acids is 1. The number of rotatable bonds is 3. The largest absolute Gasteiger partial charge is 0.476 e. The van der Waals surface area contributed by atoms with Crippen molar-refractivity contribution in [3.8, 4) is 0 Å². The number of carboxylic acid groups (broad SMARTS) is 1. The first-order chi connectivity index (χ1) is 9.65. The van der Waals surface area contributed by atoms with Gasteiger partial charge in [0.25, 0.3) is 0 Å². The number of aromatic nitrogens is 3. The van der Waals surface area contributed by atoms with Gasteiger partial charge in [-0.1, -0.05) is 0 Å². The molecule has 1 N–H and O–H groups in total. The highest BCUT2D eigenvalue weighted by atomic mass is 32.1. The number of anilines is 1. The van der Waals surface area contributed by atoms with Crippen LogP contribution in [0.5, 0.6) is 0 Å². The molecule has 0 amide bonds. The highest BCUT2D eigenvalue weighted by Gasteiger charge is 2.29. The summed E-state index contributed by atoms with van der Waals surface area (Å²) in [5, 5.41) is 12.0. The molecule has 1 atom stereocenters. The second-order valence-corrected chi connectivity index (χ2v) is 5.77. The molecule has 3 rings (SSSR count). The van der Waals surface area contributed by atoms with Crippen molar-refractivity contribution in [2.45, 2.75) is 25.8 Å². The predicted molar refractivity (Wildman–Crippen MR) is 75.2 cm³/mol. The first-order valence-corrected chi connectivity index (χ1v) is 7.27. The zero-order valence-corrected chi connectivity index (χ0v) is 11.8. The monoisotopic (exact) mass is 290 g/mol. The van der Waals surface area contributed by atoms with E-state index in [4.69, 9.17) is 5.11 Å². The Hall–Kier alpha value is -2.02. The smallest absolute Gasteiger partial charge is 0.356 e. The molecule has 0 radical (unpaired) electrons. The van der Waals surface area contributed by atoms with Crippen LogP contribution in [0.15, 0.2) is 17.8 Å². The number of thiazole rings is 1. The summed E-state index contributed by atoms with van der Waals surface area (Å²) in [5.74, 6) is -0.347. The lowest BCUT2D eigenvalue weighted by molar-refractivity contribution is 0.0690. The van der Waals surface area contributed by atoms with E-state index >= 15 is 0 Å². The van der Waals surface area contributed by atoms with Crippen molar-refractivity contribution in [2.75, 3.05) is 11.4 Å². The van der Waals surface area contributed by atoms with Gasteiger partial charge < -0.3 is 10.0 Å². The fraction of sp³-hybridized carbons (Fsp3) is 0.385. The lowest BCUT2D eigenvalue weighted by atomic mass is 10.2. The molecule has 1 fully saturated rings. The van der Waals surface area contributed by atoms with Crippen LogP contribution in [0.25, 0.3) is 0 Å². The van der Waals surface area contributed by atoms with E-state index in [1.165, 1.54) is 12.4 Å². The lowest BCUT2D eigenvalue weighted by Crippen LogP contribution is -2.24. The summed E-state index contributed by atoms with van der Waals surface area (Å²) in [6.07, 6.45) is 4.94. The number of hydrogen-bond donors (Lipinski definition) is 1. The summed E-state index contributed by atoms with van der Waals surface area (Å²) in [7, 11) is 0. The molecule has 0 bridgehead atoms. The first kappa shape index (κ1) is 13.0. The molecule has 0 aliphatic carbocycles. The minimum absolute atomic E-state index is 0.0333. The Labute approximate surface area is 120 Å². The Balaban J connectivity index is 1.86. The third-order valence-electron chi connectivity index (χ3n) is 3.38. The summed E-state index contributed by atoms with van der Waals surface area (Å²) in [6.45, 7) is 2.89. The van der Waals surface area contributed by atoms with Crippen molar-refractivity contribution in [3.05, 3.63) is 34.2 Å². The maximum atomic E-state index is 10.8. The number of nitrogens with zero attached hydrogens (tertiary/aromatic N) is 4. The van der Waals surface area contributed by atoms with Gasteiger partial charge in [-0.15, -0.1) is 11.3 Å². The molecule has 0 saturated carbocycles. The maximum absolute atomic E-state index is 10.8. The second-order valence-electron chi connectivity index (χ2n) is 4.71. The third kappa shape index (κ3) is 2.36. The van der Waals surface area contributed by atoms with Gasteiger partial charge in [-0.3, -0.25) is 0 Å². The average molecular weight is 290 g/mol. The standard InChI is InChI=1S/C13H14N4O2S/c1-8-16-10(7-20-8)11-3-2-4-17(11)12-6-14-9(5-15-12)13(18)19/h5-7,11H,2-4H2,1H3,(H,18,19)/t11-/m1/s1. The van der Waals surface area contributed by atoms with Gasteiger partial charge in [0.1, 0.15) is 5.82 Å². The maximum Gasteiger partial charge on any atom is 0.356 e. The molecule has 6 nitrogen and oxygen atoms in total. The molecule has 0 spiro atoms. The summed E-state index contributed by atoms with van der Waals surface area (Å²) in [4.78, 5) is 25.6. The van der Waals surface area contributed by atoms with Gasteiger partial charge in [0.2, 0.25) is 0 Å². The molecule has 2 aromatic heterocycles. The van der Waals surface area contributed by atoms with Gasteiger partial charge in [0.05, 0.1) is 29.1 Å². The summed E-state index contributed by atoms with van der Waals surface area (Å²) >= 11 is 1.64. The Morgan fingerprint density at radius 3 is 2.90 bits per heavy atom. The van der Waals surface area contributed by atoms with E-state index in [1.54, 1.807) is 11.3 Å². The molecule has 2 aromatic rings. The first-order valence-electron chi connectivity index (χ1n) is 6.39. The number of carbonyl (C=O) groups is 1. The van der Waals surface area contributed by atoms with E-state index < -0.39 is 5.97 Å². The van der Waals surface area contributed by atoms with Crippen molar-refractivity contribution in [3.63, 3.8) is 0 Å². The Morgan fingerprint density at radius 2 is 2.30 bits per heavy atom. The molecule has 20 heavy (non-hydrogen) atoms. The zero-order chi connectivity index (χ0) is 14.1. The fourth-order valence-electron chi connectivity index (χ4n) is 2.46. The van der Waals surface area contributed by atoms with Crippen LogP contribution in [0, 0.1) is 6.92 Å². The molecule has 1 aliphatic heterocycles. The average Bonchev–Trinajstić information content (AvgIpc) is 3.07. The molecule has 0 unspecified atom stereocenters. The van der Waals surface area contributed by atoms with Crippen molar-refractivity contribution in [1.82, 2.24) is 15.0 Å². The van der Waals surface area contributed by atoms with Crippen LogP contribution in [0.3, 0.4) is 0 Å². The van der Waals surface area contributed by atoms with Crippen LogP contribution < -0.4 is 4.90 Å². The van der Waals surface area contributed by atoms with E-state index in [1.807, 2.05) is 6.92 Å². The summed E-state index contributed by atoms with van der Waals surface area (Å²) in [6, 6.07) is 0.213. The Kier molecular flexibility index (Phi) is 3.35. The fourth-order valence-corrected chi connectivity index (χ4v) is 3.12. The van der Waals surface area contributed by atoms with E-state index in [-0.39, 0.29) is 11.7 Å². The molecule has 0 aromatic carbocycles. The topological polar surface area (TPSA) is 79.2 Å². The van der Waals surface area contributed by atoms with E-state index in [9.17, 15) is 4.79 Å². The molecule has 7 heteroatoms. The highest BCUT2D eigenvalue weighted by Crippen LogP contribution is 2.35. The van der Waals surface area contributed by atoms with Gasteiger partial charge in [-0.2, -0.15) is 0 Å². The third-order valence-corrected chi connectivity index (χ3v) is 4.17. The van der Waals surface area contributed by atoms with E-state index in [2.05, 4.69) is 25.2 Å². The van der Waals surface area contributed by atoms with Gasteiger partial charge in [0, 0.05) is 11.9 Å². The minimum Gasteiger partial charge on any atom is -0.476 e. The Bertz CT molecular complexity index is 626. The molecule has 1 aliphatic rings. The van der Waals surface area contributed by atoms with Crippen LogP contribution in [-0.2, 0) is 0 Å². The highest BCUT2D eigenvalue weighted by molar-refractivity contribution is 7.09. The number of hydrogen-bond acceptors (Lipinski definition) is 6. The van der Waals surface area contributed by atoms with Crippen molar-refractivity contribution >= 4 is 23.1 Å². The van der Waals surface area contributed by atoms with Gasteiger partial charge in [-0.25, -0.2) is 19.7 Å². The normalized spacial score (nSPS) is 18.4. The molecule has 3 heterocycles. The molecular weight excluding hydrogens is 276 g/mol. The van der Waals surface area contributed by atoms with Gasteiger partial charge in [0.15, 0.2) is 5.69 Å². The van der Waals surface area contributed by atoms with Crippen LogP contribution >= 0.6 is 11.3 Å². The second kappa shape index (κ2) is 5.16. The lowest BCUT2D eigenvalue weighted by Gasteiger charge is -2.24. The number of carboxylic acids is 1. The zero-order valence-electron chi connectivity index (χ0n) is 11.0. The Morgan fingerprint density at radius 1 is 1.45 bits per heavy atom. The van der Waals surface area contributed by atoms with Crippen LogP contribution in [-0.4, -0.2) is 32.6 Å². The van der Waals surface area contributed by atoms with Crippen LogP contribution in [0.4, 0.5) is 5.82 Å². The molecule has 104 valence electrons. The predicted octanol–water partition coefficient (Wildman–Crippen LogP) is 2.28. The molecule has 1 saturated heterocycles. The van der Waals surface area contributed by atoms with Gasteiger partial charge >= 0.3 is 5.97 Å². The summed E-state index contributed by atoms with van der Waals surface area (Å²) < 4.78 is 0. The van der Waals surface area contributed by atoms with Crippen LogP contribution in [0.1, 0.15) is 40.1 Å². The van der Waals surface area contributed by atoms with E-state index in [0.717, 1.165) is 30.1 Å². The van der Waals surface area contributed by atoms with Crippen molar-refractivity contribution in [2.24, 2.45) is 0 Å².